The van der Waals surface area contributed by atoms with Crippen LogP contribution >= 0.6 is 22.9 Å². The number of anilines is 1. The van der Waals surface area contributed by atoms with E-state index in [0.29, 0.717) is 10.6 Å². The van der Waals surface area contributed by atoms with E-state index in [-0.39, 0.29) is 16.5 Å². The number of aryl methyl sites for hydroxylation is 1. The van der Waals surface area contributed by atoms with Crippen LogP contribution in [0.4, 0.5) is 5.69 Å². The van der Waals surface area contributed by atoms with Gasteiger partial charge in [0.05, 0.1) is 22.6 Å². The Labute approximate surface area is 125 Å². The van der Waals surface area contributed by atoms with Crippen molar-refractivity contribution in [3.63, 3.8) is 0 Å². The lowest BCUT2D eigenvalue weighted by molar-refractivity contribution is 0.0600. The van der Waals surface area contributed by atoms with E-state index in [1.165, 1.54) is 24.5 Å². The minimum atomic E-state index is -0.543. The molecule has 0 unspecified atom stereocenters. The van der Waals surface area contributed by atoms with Gasteiger partial charge in [0.2, 0.25) is 0 Å². The Morgan fingerprint density at radius 1 is 1.30 bits per heavy atom. The molecule has 1 aromatic carbocycles. The number of halogens is 1. The zero-order valence-corrected chi connectivity index (χ0v) is 12.5. The number of nitrogens with one attached hydrogen (secondary N) is 1. The molecular formula is C14H12ClNO3S. The molecule has 20 heavy (non-hydrogen) atoms. The van der Waals surface area contributed by atoms with Gasteiger partial charge in [0.1, 0.15) is 0 Å². The minimum absolute atomic E-state index is 0.212. The van der Waals surface area contributed by atoms with Crippen LogP contribution in [0, 0.1) is 6.92 Å². The van der Waals surface area contributed by atoms with Crippen LogP contribution in [0.15, 0.2) is 29.6 Å². The highest BCUT2D eigenvalue weighted by Crippen LogP contribution is 2.23. The van der Waals surface area contributed by atoms with Crippen molar-refractivity contribution in [1.29, 1.82) is 0 Å². The summed E-state index contributed by atoms with van der Waals surface area (Å²) < 4.78 is 4.63. The number of carbonyl (C=O) groups excluding carboxylic acids is 2. The van der Waals surface area contributed by atoms with Crippen molar-refractivity contribution in [2.24, 2.45) is 0 Å². The number of carbonyl (C=O) groups is 2. The predicted octanol–water partition coefficient (Wildman–Crippen LogP) is 3.75. The molecule has 0 aliphatic heterocycles. The first kappa shape index (κ1) is 14.6. The van der Waals surface area contributed by atoms with Gasteiger partial charge in [-0.05, 0) is 42.1 Å². The lowest BCUT2D eigenvalue weighted by atomic mass is 10.2. The molecule has 0 saturated carbocycles. The van der Waals surface area contributed by atoms with Crippen LogP contribution in [-0.2, 0) is 4.74 Å². The molecule has 0 bridgehead atoms. The Morgan fingerprint density at radius 3 is 2.65 bits per heavy atom. The minimum Gasteiger partial charge on any atom is -0.465 e. The molecule has 1 amide bonds. The van der Waals surface area contributed by atoms with Crippen molar-refractivity contribution < 1.29 is 14.3 Å². The smallest absolute Gasteiger partial charge is 0.339 e. The van der Waals surface area contributed by atoms with Crippen molar-refractivity contribution in [1.82, 2.24) is 0 Å². The van der Waals surface area contributed by atoms with Crippen LogP contribution in [-0.4, -0.2) is 19.0 Å². The Morgan fingerprint density at radius 2 is 2.05 bits per heavy atom. The maximum Gasteiger partial charge on any atom is 0.339 e. The summed E-state index contributed by atoms with van der Waals surface area (Å²) in [5.74, 6) is -0.756. The fraction of sp³-hybridized carbons (Fsp3) is 0.143. The Bertz CT molecular complexity index is 666. The number of hydrogen-bond acceptors (Lipinski definition) is 4. The number of amides is 1. The Hall–Kier alpha value is -1.85. The van der Waals surface area contributed by atoms with Crippen molar-refractivity contribution >= 4 is 40.5 Å². The highest BCUT2D eigenvalue weighted by Gasteiger charge is 2.14. The number of ether oxygens (including phenoxy) is 1. The van der Waals surface area contributed by atoms with Gasteiger partial charge < -0.3 is 10.1 Å². The summed E-state index contributed by atoms with van der Waals surface area (Å²) in [7, 11) is 1.28. The molecule has 0 spiro atoms. The summed E-state index contributed by atoms with van der Waals surface area (Å²) in [6.45, 7) is 1.87. The molecule has 1 aromatic heterocycles. The average molecular weight is 310 g/mol. The molecule has 1 heterocycles. The third-order valence-corrected chi connectivity index (χ3v) is 4.04. The predicted molar refractivity (Wildman–Crippen MR) is 79.8 cm³/mol. The molecule has 0 aliphatic rings. The largest absolute Gasteiger partial charge is 0.465 e. The molecule has 0 aliphatic carbocycles. The van der Waals surface area contributed by atoms with Crippen molar-refractivity contribution in [3.8, 4) is 0 Å². The van der Waals surface area contributed by atoms with E-state index in [0.717, 1.165) is 5.56 Å². The van der Waals surface area contributed by atoms with Crippen LogP contribution in [0.1, 0.15) is 25.6 Å². The fourth-order valence-corrected chi connectivity index (χ4v) is 2.68. The quantitative estimate of drug-likeness (QED) is 0.879. The van der Waals surface area contributed by atoms with Gasteiger partial charge in [0.15, 0.2) is 0 Å². The molecule has 1 N–H and O–H groups in total. The highest BCUT2D eigenvalue weighted by atomic mass is 35.5. The zero-order chi connectivity index (χ0) is 14.7. The molecule has 2 aromatic rings. The first-order chi connectivity index (χ1) is 9.52. The monoisotopic (exact) mass is 309 g/mol. The van der Waals surface area contributed by atoms with Crippen molar-refractivity contribution in [2.45, 2.75) is 6.92 Å². The second-order valence-corrected chi connectivity index (χ2v) is 5.40. The molecule has 0 radical (unpaired) electrons. The molecule has 0 fully saturated rings. The van der Waals surface area contributed by atoms with Gasteiger partial charge in [-0.3, -0.25) is 4.79 Å². The average Bonchev–Trinajstić information content (AvgIpc) is 2.86. The maximum absolute atomic E-state index is 12.1. The summed E-state index contributed by atoms with van der Waals surface area (Å²) in [5.41, 5.74) is 1.62. The van der Waals surface area contributed by atoms with Crippen LogP contribution < -0.4 is 5.32 Å². The summed E-state index contributed by atoms with van der Waals surface area (Å²) in [6.07, 6.45) is 0. The summed E-state index contributed by atoms with van der Waals surface area (Å²) in [6, 6.07) is 6.55. The van der Waals surface area contributed by atoms with Crippen LogP contribution in [0.3, 0.4) is 0 Å². The molecular weight excluding hydrogens is 298 g/mol. The van der Waals surface area contributed by atoms with Crippen molar-refractivity contribution in [3.05, 3.63) is 50.7 Å². The summed E-state index contributed by atoms with van der Waals surface area (Å²) in [4.78, 5) is 24.3. The second kappa shape index (κ2) is 6.07. The Balaban J connectivity index is 2.24. The lowest BCUT2D eigenvalue weighted by Crippen LogP contribution is -2.12. The molecule has 6 heteroatoms. The highest BCUT2D eigenvalue weighted by molar-refractivity contribution is 7.12. The van der Waals surface area contributed by atoms with Gasteiger partial charge in [-0.15, -0.1) is 11.3 Å². The molecule has 4 nitrogen and oxygen atoms in total. The van der Waals surface area contributed by atoms with E-state index in [1.807, 2.05) is 18.4 Å². The first-order valence-corrected chi connectivity index (χ1v) is 7.02. The number of benzene rings is 1. The van der Waals surface area contributed by atoms with Crippen LogP contribution in [0.25, 0.3) is 0 Å². The molecule has 2 rings (SSSR count). The standard InChI is InChI=1S/C14H12ClNO3S/c1-8-5-6-20-12(8)13(17)16-9-3-4-11(15)10(7-9)14(18)19-2/h3-7H,1-2H3,(H,16,17). The van der Waals surface area contributed by atoms with E-state index in [4.69, 9.17) is 11.6 Å². The first-order valence-electron chi connectivity index (χ1n) is 5.76. The van der Waals surface area contributed by atoms with Gasteiger partial charge in [-0.2, -0.15) is 0 Å². The van der Waals surface area contributed by atoms with Crippen molar-refractivity contribution in [2.75, 3.05) is 12.4 Å². The lowest BCUT2D eigenvalue weighted by Gasteiger charge is -2.08. The van der Waals surface area contributed by atoms with Gasteiger partial charge in [-0.1, -0.05) is 11.6 Å². The number of rotatable bonds is 3. The third-order valence-electron chi connectivity index (χ3n) is 2.70. The van der Waals surface area contributed by atoms with Crippen LogP contribution in [0.2, 0.25) is 5.02 Å². The van der Waals surface area contributed by atoms with E-state index in [9.17, 15) is 9.59 Å². The van der Waals surface area contributed by atoms with Gasteiger partial charge in [0.25, 0.3) is 5.91 Å². The molecule has 0 atom stereocenters. The number of thiophene rings is 1. The van der Waals surface area contributed by atoms with E-state index in [1.54, 1.807) is 12.1 Å². The van der Waals surface area contributed by atoms with Gasteiger partial charge >= 0.3 is 5.97 Å². The third kappa shape index (κ3) is 3.00. The molecule has 104 valence electrons. The fourth-order valence-electron chi connectivity index (χ4n) is 1.66. The topological polar surface area (TPSA) is 55.4 Å². The van der Waals surface area contributed by atoms with Gasteiger partial charge in [-0.25, -0.2) is 4.79 Å². The number of methoxy groups -OCH3 is 1. The zero-order valence-electron chi connectivity index (χ0n) is 10.9. The van der Waals surface area contributed by atoms with E-state index < -0.39 is 5.97 Å². The van der Waals surface area contributed by atoms with Crippen LogP contribution in [0.5, 0.6) is 0 Å². The molecule has 0 saturated heterocycles. The van der Waals surface area contributed by atoms with E-state index in [2.05, 4.69) is 10.1 Å². The maximum atomic E-state index is 12.1. The summed E-state index contributed by atoms with van der Waals surface area (Å²) >= 11 is 7.29. The summed E-state index contributed by atoms with van der Waals surface area (Å²) in [5, 5.41) is 4.87. The second-order valence-electron chi connectivity index (χ2n) is 4.07. The number of hydrogen-bond donors (Lipinski definition) is 1. The number of esters is 1. The SMILES string of the molecule is COC(=O)c1cc(NC(=O)c2sccc2C)ccc1Cl. The van der Waals surface area contributed by atoms with Gasteiger partial charge in [0, 0.05) is 5.69 Å². The normalized spacial score (nSPS) is 10.2. The van der Waals surface area contributed by atoms with E-state index >= 15 is 0 Å². The Kier molecular flexibility index (Phi) is 4.42.